The van der Waals surface area contributed by atoms with Gasteiger partial charge in [-0.1, -0.05) is 41.6 Å². The van der Waals surface area contributed by atoms with Gasteiger partial charge >= 0.3 is 0 Å². The third kappa shape index (κ3) is 5.96. The van der Waals surface area contributed by atoms with Crippen molar-refractivity contribution < 1.29 is 9.53 Å². The highest BCUT2D eigenvalue weighted by molar-refractivity contribution is 7.99. The molecule has 7 nitrogen and oxygen atoms in total. The number of methoxy groups -OCH3 is 1. The fraction of sp³-hybridized carbons (Fsp3) is 0.292. The molecule has 9 heteroatoms. The van der Waals surface area contributed by atoms with Crippen molar-refractivity contribution >= 4 is 35.0 Å². The number of aromatic nitrogens is 2. The first-order valence-electron chi connectivity index (χ1n) is 10.6. The molecule has 33 heavy (non-hydrogen) atoms. The number of amides is 1. The summed E-state index contributed by atoms with van der Waals surface area (Å²) in [6.45, 7) is 3.97. The van der Waals surface area contributed by atoms with Crippen LogP contribution in [0, 0.1) is 6.92 Å². The first kappa shape index (κ1) is 23.4. The number of carbonyl (C=O) groups excluding carboxylic acids is 1. The van der Waals surface area contributed by atoms with Crippen molar-refractivity contribution in [1.29, 1.82) is 0 Å². The number of rotatable bonds is 7. The molecular formula is C24H25ClN4O3S. The molecule has 0 bridgehead atoms. The Labute approximate surface area is 201 Å². The van der Waals surface area contributed by atoms with Gasteiger partial charge in [-0.2, -0.15) is 0 Å². The van der Waals surface area contributed by atoms with E-state index >= 15 is 0 Å². The van der Waals surface area contributed by atoms with E-state index in [1.54, 1.807) is 19.2 Å². The summed E-state index contributed by atoms with van der Waals surface area (Å²) in [5.41, 5.74) is 4.08. The minimum Gasteiger partial charge on any atom is -0.497 e. The second kappa shape index (κ2) is 10.4. The third-order valence-electron chi connectivity index (χ3n) is 5.48. The summed E-state index contributed by atoms with van der Waals surface area (Å²) in [7, 11) is 1.65. The van der Waals surface area contributed by atoms with Crippen LogP contribution in [-0.2, 0) is 24.3 Å². The van der Waals surface area contributed by atoms with Gasteiger partial charge in [0.25, 0.3) is 5.56 Å². The lowest BCUT2D eigenvalue weighted by molar-refractivity contribution is -0.113. The number of halogens is 1. The van der Waals surface area contributed by atoms with Crippen molar-refractivity contribution in [2.45, 2.75) is 31.6 Å². The van der Waals surface area contributed by atoms with E-state index in [4.69, 9.17) is 16.3 Å². The van der Waals surface area contributed by atoms with Crippen LogP contribution in [0.2, 0.25) is 5.02 Å². The molecule has 2 N–H and O–H groups in total. The Bertz CT molecular complexity index is 1230. The number of thioether (sulfide) groups is 1. The van der Waals surface area contributed by atoms with Crippen LogP contribution in [0.4, 0.5) is 5.69 Å². The van der Waals surface area contributed by atoms with Gasteiger partial charge in [0, 0.05) is 36.8 Å². The fourth-order valence-corrected chi connectivity index (χ4v) is 4.59. The molecule has 0 fully saturated rings. The Morgan fingerprint density at radius 1 is 1.30 bits per heavy atom. The number of benzene rings is 2. The zero-order valence-electron chi connectivity index (χ0n) is 18.5. The monoisotopic (exact) mass is 484 g/mol. The summed E-state index contributed by atoms with van der Waals surface area (Å²) in [4.78, 5) is 34.8. The number of carbonyl (C=O) groups is 1. The van der Waals surface area contributed by atoms with Crippen LogP contribution in [0.3, 0.4) is 0 Å². The van der Waals surface area contributed by atoms with Crippen LogP contribution < -0.4 is 15.6 Å². The highest BCUT2D eigenvalue weighted by Crippen LogP contribution is 2.23. The van der Waals surface area contributed by atoms with Crippen LogP contribution in [-0.4, -0.2) is 40.2 Å². The highest BCUT2D eigenvalue weighted by Gasteiger charge is 2.22. The number of aromatic amines is 1. The van der Waals surface area contributed by atoms with Crippen molar-refractivity contribution in [3.05, 3.63) is 80.2 Å². The van der Waals surface area contributed by atoms with Crippen LogP contribution in [0.5, 0.6) is 5.75 Å². The molecule has 3 aromatic rings. The molecule has 1 aliphatic heterocycles. The quantitative estimate of drug-likeness (QED) is 0.389. The standard InChI is InChI=1S/C24H25ClN4O3S/c1-15-6-7-17(25)11-21(15)26-22(30)14-33-24-27-20-8-9-29(13-19(20)23(31)28-24)12-16-4-3-5-18(10-16)32-2/h3-7,10-11H,8-9,12-14H2,1-2H3,(H,26,30)(H,27,28,31). The number of H-pyrrole nitrogens is 1. The molecule has 0 atom stereocenters. The van der Waals surface area contributed by atoms with E-state index in [0.29, 0.717) is 34.4 Å². The molecule has 1 aromatic heterocycles. The Balaban J connectivity index is 1.38. The Hall–Kier alpha value is -2.81. The van der Waals surface area contributed by atoms with E-state index in [-0.39, 0.29) is 17.2 Å². The van der Waals surface area contributed by atoms with Crippen molar-refractivity contribution in [2.75, 3.05) is 24.7 Å². The van der Waals surface area contributed by atoms with Gasteiger partial charge in [-0.25, -0.2) is 4.98 Å². The van der Waals surface area contributed by atoms with Crippen molar-refractivity contribution in [1.82, 2.24) is 14.9 Å². The molecule has 2 aromatic carbocycles. The summed E-state index contributed by atoms with van der Waals surface area (Å²) in [5, 5.41) is 3.87. The van der Waals surface area contributed by atoms with Crippen molar-refractivity contribution in [3.8, 4) is 5.75 Å². The minimum absolute atomic E-state index is 0.135. The maximum absolute atomic E-state index is 12.7. The molecule has 1 aliphatic rings. The first-order valence-corrected chi connectivity index (χ1v) is 11.9. The topological polar surface area (TPSA) is 87.3 Å². The van der Waals surface area contributed by atoms with Crippen molar-refractivity contribution in [2.24, 2.45) is 0 Å². The lowest BCUT2D eigenvalue weighted by Gasteiger charge is -2.27. The molecule has 0 spiro atoms. The molecular weight excluding hydrogens is 460 g/mol. The van der Waals surface area contributed by atoms with E-state index < -0.39 is 0 Å². The average molecular weight is 485 g/mol. The van der Waals surface area contributed by atoms with Gasteiger partial charge in [-0.05, 0) is 42.3 Å². The van der Waals surface area contributed by atoms with Gasteiger partial charge < -0.3 is 15.0 Å². The van der Waals surface area contributed by atoms with Gasteiger partial charge in [0.05, 0.1) is 24.1 Å². The average Bonchev–Trinajstić information content (AvgIpc) is 2.80. The zero-order chi connectivity index (χ0) is 23.4. The predicted octanol–water partition coefficient (Wildman–Crippen LogP) is 4.03. The van der Waals surface area contributed by atoms with Crippen LogP contribution >= 0.6 is 23.4 Å². The molecule has 0 saturated heterocycles. The molecule has 0 saturated carbocycles. The Kier molecular flexibility index (Phi) is 7.37. The largest absolute Gasteiger partial charge is 0.497 e. The van der Waals surface area contributed by atoms with Crippen molar-refractivity contribution in [3.63, 3.8) is 0 Å². The predicted molar refractivity (Wildman–Crippen MR) is 131 cm³/mol. The smallest absolute Gasteiger partial charge is 0.256 e. The minimum atomic E-state index is -0.185. The van der Waals surface area contributed by atoms with Gasteiger partial charge in [0.1, 0.15) is 5.75 Å². The summed E-state index contributed by atoms with van der Waals surface area (Å²) < 4.78 is 5.30. The molecule has 4 rings (SSSR count). The number of ether oxygens (including phenoxy) is 1. The summed E-state index contributed by atoms with van der Waals surface area (Å²) >= 11 is 7.23. The number of nitrogens with one attached hydrogen (secondary N) is 2. The highest BCUT2D eigenvalue weighted by atomic mass is 35.5. The number of fused-ring (bicyclic) bond motifs is 1. The molecule has 0 radical (unpaired) electrons. The van der Waals surface area contributed by atoms with Crippen LogP contribution in [0.25, 0.3) is 0 Å². The summed E-state index contributed by atoms with van der Waals surface area (Å²) in [6, 6.07) is 13.3. The summed E-state index contributed by atoms with van der Waals surface area (Å²) in [6.07, 6.45) is 0.685. The maximum atomic E-state index is 12.7. The Morgan fingerprint density at radius 2 is 2.15 bits per heavy atom. The number of aryl methyl sites for hydroxylation is 1. The normalized spacial score (nSPS) is 13.4. The second-order valence-electron chi connectivity index (χ2n) is 7.90. The molecule has 0 aliphatic carbocycles. The Morgan fingerprint density at radius 3 is 2.97 bits per heavy atom. The SMILES string of the molecule is COc1cccc(CN2CCc3nc(SCC(=O)Nc4cc(Cl)ccc4C)[nH]c(=O)c3C2)c1. The fourth-order valence-electron chi connectivity index (χ4n) is 3.74. The second-order valence-corrected chi connectivity index (χ2v) is 9.31. The number of nitrogens with zero attached hydrogens (tertiary/aromatic N) is 2. The van der Waals surface area contributed by atoms with E-state index in [1.165, 1.54) is 11.8 Å². The van der Waals surface area contributed by atoms with E-state index in [9.17, 15) is 9.59 Å². The van der Waals surface area contributed by atoms with E-state index in [2.05, 4.69) is 26.3 Å². The third-order valence-corrected chi connectivity index (χ3v) is 6.59. The number of hydrogen-bond donors (Lipinski definition) is 2. The molecule has 2 heterocycles. The van der Waals surface area contributed by atoms with Gasteiger partial charge in [-0.15, -0.1) is 0 Å². The zero-order valence-corrected chi connectivity index (χ0v) is 20.1. The van der Waals surface area contributed by atoms with Gasteiger partial charge in [-0.3, -0.25) is 14.5 Å². The van der Waals surface area contributed by atoms with Gasteiger partial charge in [0.15, 0.2) is 5.16 Å². The molecule has 1 amide bonds. The molecule has 172 valence electrons. The van der Waals surface area contributed by atoms with Gasteiger partial charge in [0.2, 0.25) is 5.91 Å². The lowest BCUT2D eigenvalue weighted by Crippen LogP contribution is -2.35. The first-order chi connectivity index (χ1) is 15.9. The van der Waals surface area contributed by atoms with Crippen LogP contribution in [0.15, 0.2) is 52.4 Å². The number of anilines is 1. The van der Waals surface area contributed by atoms with E-state index in [1.807, 2.05) is 31.2 Å². The lowest BCUT2D eigenvalue weighted by atomic mass is 10.1. The summed E-state index contributed by atoms with van der Waals surface area (Å²) in [5.74, 6) is 0.770. The number of hydrogen-bond acceptors (Lipinski definition) is 6. The van der Waals surface area contributed by atoms with E-state index in [0.717, 1.165) is 35.7 Å². The van der Waals surface area contributed by atoms with Crippen LogP contribution in [0.1, 0.15) is 22.4 Å². The molecule has 0 unspecified atom stereocenters. The maximum Gasteiger partial charge on any atom is 0.256 e.